The molecule has 0 aliphatic carbocycles. The highest BCUT2D eigenvalue weighted by atomic mass is 79.9. The molecule has 0 spiro atoms. The Labute approximate surface area is 241 Å². The summed E-state index contributed by atoms with van der Waals surface area (Å²) < 4.78 is 26.6. The molecule has 7 nitrogen and oxygen atoms in total. The standard InChI is InChI=1S/C27H43BrFN3O4SSi/c1-18-26(5,20-16-19(28)12-13-21(20)29)30-23(37-27(18,6)22(33)31(7)8)32(24(34)36-25(2,3)4)17-35-14-15-38(9,10)11/h12-13,16,18H,14-15,17H2,1-11H3/t18-,26-,27-/m0/s1. The monoisotopic (exact) mass is 631 g/mol. The van der Waals surface area contributed by atoms with E-state index in [0.29, 0.717) is 16.6 Å². The highest BCUT2D eigenvalue weighted by Crippen LogP contribution is 2.52. The van der Waals surface area contributed by atoms with E-state index in [4.69, 9.17) is 14.5 Å². The van der Waals surface area contributed by atoms with Crippen LogP contribution < -0.4 is 0 Å². The Balaban J connectivity index is 2.69. The first-order chi connectivity index (χ1) is 17.2. The maximum Gasteiger partial charge on any atom is 0.418 e. The van der Waals surface area contributed by atoms with Crippen molar-refractivity contribution in [2.45, 2.75) is 83.1 Å². The van der Waals surface area contributed by atoms with E-state index in [0.717, 1.165) is 6.04 Å². The molecule has 0 bridgehead atoms. The molecule has 2 amide bonds. The van der Waals surface area contributed by atoms with Crippen molar-refractivity contribution in [3.05, 3.63) is 34.1 Å². The van der Waals surface area contributed by atoms with Crippen molar-refractivity contribution < 1.29 is 23.5 Å². The van der Waals surface area contributed by atoms with E-state index in [1.165, 1.54) is 27.6 Å². The summed E-state index contributed by atoms with van der Waals surface area (Å²) >= 11 is 4.64. The quantitative estimate of drug-likeness (QED) is 0.185. The van der Waals surface area contributed by atoms with E-state index < -0.39 is 41.8 Å². The predicted molar refractivity (Wildman–Crippen MR) is 160 cm³/mol. The van der Waals surface area contributed by atoms with Gasteiger partial charge < -0.3 is 14.4 Å². The molecular formula is C27H43BrFN3O4SSi. The van der Waals surface area contributed by atoms with Gasteiger partial charge in [0.05, 0.1) is 5.54 Å². The van der Waals surface area contributed by atoms with Crippen LogP contribution in [0.25, 0.3) is 0 Å². The van der Waals surface area contributed by atoms with Crippen LogP contribution in [0.5, 0.6) is 0 Å². The van der Waals surface area contributed by atoms with Gasteiger partial charge in [-0.15, -0.1) is 0 Å². The van der Waals surface area contributed by atoms with Gasteiger partial charge in [-0.1, -0.05) is 54.3 Å². The van der Waals surface area contributed by atoms with E-state index in [1.807, 2.05) is 20.8 Å². The Morgan fingerprint density at radius 3 is 2.34 bits per heavy atom. The number of carbonyl (C=O) groups is 2. The molecule has 3 atom stereocenters. The van der Waals surface area contributed by atoms with Gasteiger partial charge >= 0.3 is 6.09 Å². The molecule has 38 heavy (non-hydrogen) atoms. The van der Waals surface area contributed by atoms with Crippen LogP contribution in [-0.4, -0.2) is 72.8 Å². The predicted octanol–water partition coefficient (Wildman–Crippen LogP) is 6.94. The van der Waals surface area contributed by atoms with E-state index in [-0.39, 0.29) is 17.8 Å². The third kappa shape index (κ3) is 7.82. The molecule has 2 rings (SSSR count). The summed E-state index contributed by atoms with van der Waals surface area (Å²) in [5, 5.41) is 0.255. The van der Waals surface area contributed by atoms with Gasteiger partial charge in [-0.2, -0.15) is 0 Å². The maximum atomic E-state index is 15.3. The van der Waals surface area contributed by atoms with E-state index in [1.54, 1.807) is 47.0 Å². The Morgan fingerprint density at radius 1 is 1.21 bits per heavy atom. The number of halogens is 2. The van der Waals surface area contributed by atoms with Crippen molar-refractivity contribution in [1.29, 1.82) is 0 Å². The van der Waals surface area contributed by atoms with Crippen LogP contribution in [-0.2, 0) is 19.8 Å². The van der Waals surface area contributed by atoms with Gasteiger partial charge in [-0.3, -0.25) is 9.79 Å². The lowest BCUT2D eigenvalue weighted by Crippen LogP contribution is -2.57. The first-order valence-corrected chi connectivity index (χ1v) is 18.1. The van der Waals surface area contributed by atoms with Crippen LogP contribution in [0.15, 0.2) is 27.7 Å². The highest BCUT2D eigenvalue weighted by Gasteiger charge is 2.56. The minimum Gasteiger partial charge on any atom is -0.443 e. The first kappa shape index (κ1) is 32.8. The van der Waals surface area contributed by atoms with Crippen molar-refractivity contribution >= 4 is 52.9 Å². The van der Waals surface area contributed by atoms with Gasteiger partial charge in [0.1, 0.15) is 22.9 Å². The van der Waals surface area contributed by atoms with Gasteiger partial charge in [0, 0.05) is 44.7 Å². The minimum absolute atomic E-state index is 0.0944. The number of amidine groups is 1. The highest BCUT2D eigenvalue weighted by molar-refractivity contribution is 9.10. The molecule has 0 N–H and O–H groups in total. The zero-order valence-corrected chi connectivity index (χ0v) is 28.0. The van der Waals surface area contributed by atoms with Crippen LogP contribution in [0.4, 0.5) is 9.18 Å². The Kier molecular flexibility index (Phi) is 10.3. The Bertz CT molecular complexity index is 1080. The number of benzene rings is 1. The molecule has 0 aromatic heterocycles. The number of nitrogens with zero attached hydrogens (tertiary/aromatic N) is 3. The fourth-order valence-electron chi connectivity index (χ4n) is 4.14. The minimum atomic E-state index is -1.36. The van der Waals surface area contributed by atoms with Crippen LogP contribution in [0, 0.1) is 11.7 Å². The average Bonchev–Trinajstić information content (AvgIpc) is 2.76. The topological polar surface area (TPSA) is 71.4 Å². The summed E-state index contributed by atoms with van der Waals surface area (Å²) in [5.41, 5.74) is -1.60. The SMILES string of the molecule is C[C@@H]1[C@@](C)(C(=O)N(C)C)SC(N(COCC[Si](C)(C)C)C(=O)OC(C)(C)C)=N[C@]1(C)c1cc(Br)ccc1F. The zero-order valence-electron chi connectivity index (χ0n) is 24.6. The Hall–Kier alpha value is -1.43. The van der Waals surface area contributed by atoms with Crippen LogP contribution in [0.3, 0.4) is 0 Å². The number of thioether (sulfide) groups is 1. The van der Waals surface area contributed by atoms with Crippen LogP contribution in [0.2, 0.25) is 25.7 Å². The van der Waals surface area contributed by atoms with Gasteiger partial charge in [0.15, 0.2) is 5.17 Å². The molecule has 11 heteroatoms. The smallest absolute Gasteiger partial charge is 0.418 e. The number of carbonyl (C=O) groups excluding carboxylic acids is 2. The van der Waals surface area contributed by atoms with Gasteiger partial charge in [0.25, 0.3) is 0 Å². The summed E-state index contributed by atoms with van der Waals surface area (Å²) in [4.78, 5) is 34.9. The van der Waals surface area contributed by atoms with Crippen LogP contribution >= 0.6 is 27.7 Å². The fourth-order valence-corrected chi connectivity index (χ4v) is 6.78. The second-order valence-corrected chi connectivity index (χ2v) is 20.5. The van der Waals surface area contributed by atoms with Gasteiger partial charge in [-0.25, -0.2) is 14.1 Å². The third-order valence-electron chi connectivity index (χ3n) is 6.67. The van der Waals surface area contributed by atoms with Crippen molar-refractivity contribution in [3.8, 4) is 0 Å². The van der Waals surface area contributed by atoms with Gasteiger partial charge in [0.2, 0.25) is 5.91 Å². The van der Waals surface area contributed by atoms with Gasteiger partial charge in [-0.05, 0) is 58.9 Å². The number of amides is 2. The largest absolute Gasteiger partial charge is 0.443 e. The summed E-state index contributed by atoms with van der Waals surface area (Å²) in [6.45, 7) is 18.0. The number of hydrogen-bond donors (Lipinski definition) is 0. The molecule has 1 aliphatic heterocycles. The molecule has 214 valence electrons. The molecule has 0 fully saturated rings. The van der Waals surface area contributed by atoms with Crippen LogP contribution in [0.1, 0.15) is 47.1 Å². The molecule has 1 aromatic carbocycles. The molecule has 0 radical (unpaired) electrons. The second-order valence-electron chi connectivity index (χ2n) is 12.6. The fraction of sp³-hybridized carbons (Fsp3) is 0.667. The van der Waals surface area contributed by atoms with E-state index in [2.05, 4.69) is 35.6 Å². The first-order valence-electron chi connectivity index (χ1n) is 12.8. The van der Waals surface area contributed by atoms with E-state index in [9.17, 15) is 9.59 Å². The lowest BCUT2D eigenvalue weighted by Gasteiger charge is -2.48. The molecule has 0 saturated heterocycles. The number of aliphatic imine (C=N–C) groups is 1. The number of hydrogen-bond acceptors (Lipinski definition) is 6. The summed E-state index contributed by atoms with van der Waals surface area (Å²) in [6.07, 6.45) is -0.636. The number of rotatable bonds is 7. The molecule has 1 heterocycles. The lowest BCUT2D eigenvalue weighted by atomic mass is 9.73. The van der Waals surface area contributed by atoms with Crippen molar-refractivity contribution in [2.75, 3.05) is 27.4 Å². The summed E-state index contributed by atoms with van der Waals surface area (Å²) in [7, 11) is 2.01. The average molecular weight is 633 g/mol. The molecular weight excluding hydrogens is 589 g/mol. The van der Waals surface area contributed by atoms with E-state index >= 15 is 4.39 Å². The maximum absolute atomic E-state index is 15.3. The lowest BCUT2D eigenvalue weighted by molar-refractivity contribution is -0.132. The zero-order chi connectivity index (χ0) is 29.3. The molecule has 1 aromatic rings. The summed E-state index contributed by atoms with van der Waals surface area (Å²) in [5.74, 6) is -1.03. The molecule has 1 aliphatic rings. The van der Waals surface area contributed by atoms with Crippen molar-refractivity contribution in [1.82, 2.24) is 9.80 Å². The molecule has 0 saturated carbocycles. The van der Waals surface area contributed by atoms with Crippen molar-refractivity contribution in [3.63, 3.8) is 0 Å². The second kappa shape index (κ2) is 12.0. The molecule has 0 unspecified atom stereocenters. The summed E-state index contributed by atoms with van der Waals surface area (Å²) in [6, 6.07) is 5.61. The normalized spacial score (nSPS) is 24.0. The number of ether oxygens (including phenoxy) is 2. The third-order valence-corrected chi connectivity index (χ3v) is 10.3. The van der Waals surface area contributed by atoms with Crippen molar-refractivity contribution in [2.24, 2.45) is 10.9 Å². The Morgan fingerprint density at radius 2 is 1.82 bits per heavy atom.